The van der Waals surface area contributed by atoms with Gasteiger partial charge >= 0.3 is 0 Å². The van der Waals surface area contributed by atoms with Crippen molar-refractivity contribution in [2.45, 2.75) is 19.5 Å². The van der Waals surface area contributed by atoms with Crippen molar-refractivity contribution in [2.24, 2.45) is 0 Å². The molecule has 3 nitrogen and oxygen atoms in total. The zero-order valence-corrected chi connectivity index (χ0v) is 10.7. The Morgan fingerprint density at radius 3 is 2.84 bits per heavy atom. The highest BCUT2D eigenvalue weighted by Gasteiger charge is 2.19. The minimum absolute atomic E-state index is 0.718. The van der Waals surface area contributed by atoms with Crippen molar-refractivity contribution in [3.63, 3.8) is 0 Å². The summed E-state index contributed by atoms with van der Waals surface area (Å²) in [5.74, 6) is 0. The quantitative estimate of drug-likeness (QED) is 0.821. The number of aromatic nitrogens is 1. The lowest BCUT2D eigenvalue weighted by molar-refractivity contribution is 0.245. The third-order valence-corrected chi connectivity index (χ3v) is 3.60. The van der Waals surface area contributed by atoms with Gasteiger partial charge in [-0.05, 0) is 23.1 Å². The number of nitriles is 1. The summed E-state index contributed by atoms with van der Waals surface area (Å²) in [4.78, 5) is 6.52. The molecule has 94 valence electrons. The molecule has 3 rings (SSSR count). The molecule has 1 aromatic carbocycles. The number of rotatable bonds is 2. The molecule has 1 aliphatic rings. The Balaban J connectivity index is 1.81. The Hall–Kier alpha value is -2.18. The first-order chi connectivity index (χ1) is 9.36. The summed E-state index contributed by atoms with van der Waals surface area (Å²) in [5.41, 5.74) is 4.41. The maximum absolute atomic E-state index is 9.16. The smallest absolute Gasteiger partial charge is 0.101 e. The number of fused-ring (bicyclic) bond motifs is 1. The monoisotopic (exact) mass is 249 g/mol. The van der Waals surface area contributed by atoms with Crippen LogP contribution in [-0.2, 0) is 19.5 Å². The number of benzene rings is 1. The first-order valence-corrected chi connectivity index (χ1v) is 6.49. The summed E-state index contributed by atoms with van der Waals surface area (Å²) in [6, 6.07) is 12.7. The number of nitrogens with zero attached hydrogens (tertiary/aromatic N) is 3. The van der Waals surface area contributed by atoms with Gasteiger partial charge in [-0.1, -0.05) is 30.3 Å². The number of pyridine rings is 1. The van der Waals surface area contributed by atoms with Gasteiger partial charge in [-0.25, -0.2) is 0 Å². The molecule has 2 heterocycles. The molecule has 0 spiro atoms. The van der Waals surface area contributed by atoms with Crippen LogP contribution in [0, 0.1) is 11.3 Å². The standard InChI is InChI=1S/C16H15N3/c17-8-15-10-18-9-14-6-7-19(12-16(14)15)11-13-4-2-1-3-5-13/h1-5,9-10H,6-7,11-12H2. The zero-order chi connectivity index (χ0) is 13.1. The highest BCUT2D eigenvalue weighted by Crippen LogP contribution is 2.22. The average Bonchev–Trinajstić information content (AvgIpc) is 2.47. The van der Waals surface area contributed by atoms with Crippen LogP contribution in [0.4, 0.5) is 0 Å². The Labute approximate surface area is 113 Å². The molecule has 0 saturated heterocycles. The fourth-order valence-corrected chi connectivity index (χ4v) is 2.59. The van der Waals surface area contributed by atoms with Crippen molar-refractivity contribution < 1.29 is 0 Å². The predicted octanol–water partition coefficient (Wildman–Crippen LogP) is 2.51. The second-order valence-corrected chi connectivity index (χ2v) is 4.88. The Bertz CT molecular complexity index is 614. The van der Waals surface area contributed by atoms with Gasteiger partial charge in [0, 0.05) is 32.0 Å². The predicted molar refractivity (Wildman–Crippen MR) is 73.2 cm³/mol. The lowest BCUT2D eigenvalue weighted by Crippen LogP contribution is -2.30. The topological polar surface area (TPSA) is 39.9 Å². The Morgan fingerprint density at radius 1 is 1.21 bits per heavy atom. The average molecular weight is 249 g/mol. The molecule has 19 heavy (non-hydrogen) atoms. The Kier molecular flexibility index (Phi) is 3.26. The van der Waals surface area contributed by atoms with Crippen molar-refractivity contribution in [1.29, 1.82) is 5.26 Å². The van der Waals surface area contributed by atoms with Crippen molar-refractivity contribution in [3.05, 3.63) is 65.0 Å². The van der Waals surface area contributed by atoms with E-state index in [9.17, 15) is 0 Å². The third-order valence-electron chi connectivity index (χ3n) is 3.60. The highest BCUT2D eigenvalue weighted by atomic mass is 15.1. The minimum atomic E-state index is 0.718. The minimum Gasteiger partial charge on any atom is -0.294 e. The van der Waals surface area contributed by atoms with Gasteiger partial charge < -0.3 is 0 Å². The van der Waals surface area contributed by atoms with Crippen molar-refractivity contribution >= 4 is 0 Å². The van der Waals surface area contributed by atoms with E-state index in [0.29, 0.717) is 0 Å². The summed E-state index contributed by atoms with van der Waals surface area (Å²) in [7, 11) is 0. The molecule has 1 aliphatic heterocycles. The van der Waals surface area contributed by atoms with E-state index in [1.165, 1.54) is 11.1 Å². The summed E-state index contributed by atoms with van der Waals surface area (Å²) in [6.45, 7) is 2.81. The van der Waals surface area contributed by atoms with E-state index in [1.807, 2.05) is 12.3 Å². The van der Waals surface area contributed by atoms with E-state index >= 15 is 0 Å². The summed E-state index contributed by atoms with van der Waals surface area (Å²) in [6.07, 6.45) is 4.55. The van der Waals surface area contributed by atoms with Gasteiger partial charge in [-0.2, -0.15) is 5.26 Å². The summed E-state index contributed by atoms with van der Waals surface area (Å²) in [5, 5.41) is 9.16. The molecule has 0 fully saturated rings. The lowest BCUT2D eigenvalue weighted by atomic mass is 9.98. The van der Waals surface area contributed by atoms with Gasteiger partial charge in [0.05, 0.1) is 5.56 Å². The third kappa shape index (κ3) is 2.49. The molecule has 0 unspecified atom stereocenters. The van der Waals surface area contributed by atoms with E-state index in [2.05, 4.69) is 40.2 Å². The van der Waals surface area contributed by atoms with Gasteiger partial charge in [-0.15, -0.1) is 0 Å². The second-order valence-electron chi connectivity index (χ2n) is 4.88. The first kappa shape index (κ1) is 11.9. The Morgan fingerprint density at radius 2 is 2.05 bits per heavy atom. The fourth-order valence-electron chi connectivity index (χ4n) is 2.59. The van der Waals surface area contributed by atoms with E-state index < -0.39 is 0 Å². The summed E-state index contributed by atoms with van der Waals surface area (Å²) < 4.78 is 0. The molecule has 3 heteroatoms. The van der Waals surface area contributed by atoms with Gasteiger partial charge in [0.1, 0.15) is 6.07 Å². The maximum atomic E-state index is 9.16. The molecule has 0 radical (unpaired) electrons. The van der Waals surface area contributed by atoms with Crippen LogP contribution >= 0.6 is 0 Å². The number of hydrogen-bond donors (Lipinski definition) is 0. The molecule has 0 saturated carbocycles. The van der Waals surface area contributed by atoms with E-state index in [-0.39, 0.29) is 0 Å². The largest absolute Gasteiger partial charge is 0.294 e. The molecule has 2 aromatic rings. The first-order valence-electron chi connectivity index (χ1n) is 6.49. The second kappa shape index (κ2) is 5.21. The van der Waals surface area contributed by atoms with Crippen LogP contribution < -0.4 is 0 Å². The van der Waals surface area contributed by atoms with Crippen LogP contribution in [-0.4, -0.2) is 16.4 Å². The van der Waals surface area contributed by atoms with Gasteiger partial charge in [0.15, 0.2) is 0 Å². The SMILES string of the molecule is N#Cc1cncc2c1CN(Cc1ccccc1)CC2. The van der Waals surface area contributed by atoms with Gasteiger partial charge in [-0.3, -0.25) is 9.88 Å². The van der Waals surface area contributed by atoms with Crippen molar-refractivity contribution in [1.82, 2.24) is 9.88 Å². The van der Waals surface area contributed by atoms with E-state index in [1.54, 1.807) is 6.20 Å². The lowest BCUT2D eigenvalue weighted by Gasteiger charge is -2.29. The number of hydrogen-bond acceptors (Lipinski definition) is 3. The van der Waals surface area contributed by atoms with Crippen LogP contribution in [0.1, 0.15) is 22.3 Å². The normalized spacial score (nSPS) is 14.7. The van der Waals surface area contributed by atoms with E-state index in [0.717, 1.165) is 37.2 Å². The van der Waals surface area contributed by atoms with Crippen LogP contribution in [0.15, 0.2) is 42.7 Å². The summed E-state index contributed by atoms with van der Waals surface area (Å²) >= 11 is 0. The van der Waals surface area contributed by atoms with Crippen LogP contribution in [0.2, 0.25) is 0 Å². The molecular weight excluding hydrogens is 234 g/mol. The molecule has 0 amide bonds. The molecular formula is C16H15N3. The highest BCUT2D eigenvalue weighted by molar-refractivity contribution is 5.41. The van der Waals surface area contributed by atoms with Crippen molar-refractivity contribution in [2.75, 3.05) is 6.54 Å². The zero-order valence-electron chi connectivity index (χ0n) is 10.7. The molecule has 0 atom stereocenters. The maximum Gasteiger partial charge on any atom is 0.101 e. The van der Waals surface area contributed by atoms with Gasteiger partial charge in [0.2, 0.25) is 0 Å². The fraction of sp³-hybridized carbons (Fsp3) is 0.250. The van der Waals surface area contributed by atoms with E-state index in [4.69, 9.17) is 5.26 Å². The van der Waals surface area contributed by atoms with Crippen molar-refractivity contribution in [3.8, 4) is 6.07 Å². The van der Waals surface area contributed by atoms with Gasteiger partial charge in [0.25, 0.3) is 0 Å². The molecule has 0 aliphatic carbocycles. The van der Waals surface area contributed by atoms with Crippen LogP contribution in [0.5, 0.6) is 0 Å². The van der Waals surface area contributed by atoms with Crippen LogP contribution in [0.3, 0.4) is 0 Å². The molecule has 1 aromatic heterocycles. The molecule has 0 bridgehead atoms. The molecule has 0 N–H and O–H groups in total. The van der Waals surface area contributed by atoms with Crippen LogP contribution in [0.25, 0.3) is 0 Å².